The molecule has 0 spiro atoms. The van der Waals surface area contributed by atoms with E-state index in [9.17, 15) is 0 Å². The third-order valence-corrected chi connectivity index (χ3v) is 9.00. The number of benzene rings is 6. The van der Waals surface area contributed by atoms with Gasteiger partial charge in [-0.2, -0.15) is 0 Å². The van der Waals surface area contributed by atoms with Gasteiger partial charge in [0.25, 0.3) is 0 Å². The first kappa shape index (κ1) is 31.6. The average molecular weight is 687 g/mol. The molecule has 0 aliphatic rings. The van der Waals surface area contributed by atoms with E-state index in [1.807, 2.05) is 140 Å². The summed E-state index contributed by atoms with van der Waals surface area (Å²) in [5.41, 5.74) is 10.8. The molecule has 6 aromatic carbocycles. The molecular formula is C45H30N6O2. The highest BCUT2D eigenvalue weighted by molar-refractivity contribution is 5.86. The first-order valence-electron chi connectivity index (χ1n) is 17.2. The number of fused-ring (bicyclic) bond motifs is 2. The van der Waals surface area contributed by atoms with Crippen molar-refractivity contribution in [2.24, 2.45) is 4.99 Å². The van der Waals surface area contributed by atoms with Crippen molar-refractivity contribution in [1.82, 2.24) is 24.9 Å². The van der Waals surface area contributed by atoms with E-state index in [4.69, 9.17) is 33.8 Å². The van der Waals surface area contributed by atoms with Crippen molar-refractivity contribution in [3.8, 4) is 68.2 Å². The number of hydrogen-bond donors (Lipinski definition) is 0. The highest BCUT2D eigenvalue weighted by atomic mass is 16.4. The first-order chi connectivity index (χ1) is 26.1. The molecule has 53 heavy (non-hydrogen) atoms. The quantitative estimate of drug-likeness (QED) is 0.147. The van der Waals surface area contributed by atoms with E-state index in [0.717, 1.165) is 61.2 Å². The lowest BCUT2D eigenvalue weighted by Gasteiger charge is -2.11. The van der Waals surface area contributed by atoms with Gasteiger partial charge in [0.05, 0.1) is 5.69 Å². The Morgan fingerprint density at radius 3 is 1.49 bits per heavy atom. The van der Waals surface area contributed by atoms with Gasteiger partial charge in [0.2, 0.25) is 11.8 Å². The van der Waals surface area contributed by atoms with Gasteiger partial charge in [-0.25, -0.2) is 24.9 Å². The van der Waals surface area contributed by atoms with Crippen molar-refractivity contribution < 1.29 is 8.83 Å². The van der Waals surface area contributed by atoms with Crippen molar-refractivity contribution in [2.75, 3.05) is 0 Å². The Balaban J connectivity index is 1.15. The van der Waals surface area contributed by atoms with Crippen LogP contribution < -0.4 is 0 Å². The van der Waals surface area contributed by atoms with Crippen molar-refractivity contribution >= 4 is 40.7 Å². The van der Waals surface area contributed by atoms with Gasteiger partial charge in [-0.3, -0.25) is 4.99 Å². The summed E-state index contributed by atoms with van der Waals surface area (Å²) in [7, 11) is 0. The van der Waals surface area contributed by atoms with Gasteiger partial charge in [0, 0.05) is 38.9 Å². The van der Waals surface area contributed by atoms with Crippen molar-refractivity contribution in [3.05, 3.63) is 151 Å². The molecule has 0 bridgehead atoms. The molecule has 0 radical (unpaired) electrons. The van der Waals surface area contributed by atoms with Crippen LogP contribution in [0.1, 0.15) is 12.5 Å². The second-order valence-corrected chi connectivity index (χ2v) is 12.4. The SMILES string of the molecule is C=Nc1c(/C=C\C)cccc1-c1ccc(-c2nc(-c3ccc4nc(-c5ccccc5)oc4c3)nc(-c3ccc4nc(-c5ccccc5)oc4c3)n2)cc1. The second-order valence-electron chi connectivity index (χ2n) is 12.4. The fourth-order valence-electron chi connectivity index (χ4n) is 6.38. The van der Waals surface area contributed by atoms with Gasteiger partial charge in [0.1, 0.15) is 11.0 Å². The van der Waals surface area contributed by atoms with Crippen LogP contribution in [0.5, 0.6) is 0 Å². The van der Waals surface area contributed by atoms with Gasteiger partial charge in [-0.15, -0.1) is 0 Å². The van der Waals surface area contributed by atoms with E-state index in [0.29, 0.717) is 40.4 Å². The summed E-state index contributed by atoms with van der Waals surface area (Å²) in [6, 6.07) is 45.6. The summed E-state index contributed by atoms with van der Waals surface area (Å²) < 4.78 is 12.4. The van der Waals surface area contributed by atoms with Gasteiger partial charge < -0.3 is 8.83 Å². The van der Waals surface area contributed by atoms with Crippen LogP contribution in [0.15, 0.2) is 159 Å². The standard InChI is InChI=1S/C45H30N6O2/c1-3-11-29-16-10-17-35(40(29)46-2)28-18-20-30(21-19-28)41-49-42(33-22-24-36-38(26-33)52-44(47-36)31-12-6-4-7-13-31)51-43(50-41)34-23-25-37-39(27-34)53-45(48-37)32-14-8-5-9-15-32/h3-27H,2H2,1H3/b11-3-. The largest absolute Gasteiger partial charge is 0.436 e. The topological polar surface area (TPSA) is 103 Å². The zero-order valence-corrected chi connectivity index (χ0v) is 28.6. The Morgan fingerprint density at radius 1 is 0.491 bits per heavy atom. The lowest BCUT2D eigenvalue weighted by molar-refractivity contribution is 0.619. The predicted octanol–water partition coefficient (Wildman–Crippen LogP) is 11.5. The van der Waals surface area contributed by atoms with Crippen LogP contribution in [0.4, 0.5) is 5.69 Å². The van der Waals surface area contributed by atoms with E-state index in [2.05, 4.69) is 29.9 Å². The molecule has 0 aliphatic heterocycles. The smallest absolute Gasteiger partial charge is 0.227 e. The molecule has 0 fully saturated rings. The summed E-state index contributed by atoms with van der Waals surface area (Å²) in [5, 5.41) is 0. The summed E-state index contributed by atoms with van der Waals surface area (Å²) >= 11 is 0. The summed E-state index contributed by atoms with van der Waals surface area (Å²) in [4.78, 5) is 28.8. The van der Waals surface area contributed by atoms with E-state index in [-0.39, 0.29) is 0 Å². The fraction of sp³-hybridized carbons (Fsp3) is 0.0222. The predicted molar refractivity (Wildman–Crippen MR) is 211 cm³/mol. The van der Waals surface area contributed by atoms with Crippen LogP contribution in [0.3, 0.4) is 0 Å². The molecule has 0 unspecified atom stereocenters. The third-order valence-electron chi connectivity index (χ3n) is 9.00. The third kappa shape index (κ3) is 6.08. The van der Waals surface area contributed by atoms with E-state index < -0.39 is 0 Å². The van der Waals surface area contributed by atoms with Crippen LogP contribution in [-0.4, -0.2) is 31.6 Å². The molecule has 0 atom stereocenters. The molecule has 252 valence electrons. The average Bonchev–Trinajstić information content (AvgIpc) is 3.86. The minimum atomic E-state index is 0.494. The number of rotatable bonds is 8. The molecule has 0 amide bonds. The minimum Gasteiger partial charge on any atom is -0.436 e. The molecular weight excluding hydrogens is 657 g/mol. The van der Waals surface area contributed by atoms with Crippen molar-refractivity contribution in [1.29, 1.82) is 0 Å². The van der Waals surface area contributed by atoms with Crippen molar-refractivity contribution in [3.63, 3.8) is 0 Å². The normalized spacial score (nSPS) is 11.5. The Labute approximate surface area is 304 Å². The highest BCUT2D eigenvalue weighted by Gasteiger charge is 2.17. The maximum Gasteiger partial charge on any atom is 0.227 e. The van der Waals surface area contributed by atoms with Gasteiger partial charge >= 0.3 is 0 Å². The molecule has 9 rings (SSSR count). The Bertz CT molecular complexity index is 2670. The van der Waals surface area contributed by atoms with Gasteiger partial charge in [-0.1, -0.05) is 91.0 Å². The monoisotopic (exact) mass is 686 g/mol. The number of hydrogen-bond acceptors (Lipinski definition) is 8. The fourth-order valence-corrected chi connectivity index (χ4v) is 6.38. The zero-order valence-electron chi connectivity index (χ0n) is 28.6. The highest BCUT2D eigenvalue weighted by Crippen LogP contribution is 2.36. The maximum atomic E-state index is 6.21. The summed E-state index contributed by atoms with van der Waals surface area (Å²) in [6.07, 6.45) is 4.03. The van der Waals surface area contributed by atoms with Gasteiger partial charge in [0.15, 0.2) is 28.6 Å². The number of aliphatic imine (C=N–C) groups is 1. The van der Waals surface area contributed by atoms with Crippen LogP contribution in [0.2, 0.25) is 0 Å². The van der Waals surface area contributed by atoms with Gasteiger partial charge in [-0.05, 0) is 79.9 Å². The number of oxazole rings is 2. The minimum absolute atomic E-state index is 0.494. The second kappa shape index (κ2) is 13.4. The van der Waals surface area contributed by atoms with Crippen LogP contribution in [0, 0.1) is 0 Å². The summed E-state index contributed by atoms with van der Waals surface area (Å²) in [6.45, 7) is 5.83. The number of nitrogens with zero attached hydrogens (tertiary/aromatic N) is 6. The molecule has 0 saturated carbocycles. The lowest BCUT2D eigenvalue weighted by Crippen LogP contribution is -2.00. The first-order valence-corrected chi connectivity index (χ1v) is 17.2. The molecule has 3 aromatic heterocycles. The molecule has 9 aromatic rings. The lowest BCUT2D eigenvalue weighted by atomic mass is 9.98. The molecule has 8 heteroatoms. The maximum absolute atomic E-state index is 6.21. The summed E-state index contributed by atoms with van der Waals surface area (Å²) in [5.74, 6) is 2.61. The van der Waals surface area contributed by atoms with Crippen LogP contribution in [-0.2, 0) is 0 Å². The Kier molecular flexibility index (Phi) is 8.02. The number of aromatic nitrogens is 5. The number of para-hydroxylation sites is 1. The zero-order chi connectivity index (χ0) is 35.7. The van der Waals surface area contributed by atoms with Crippen LogP contribution in [0.25, 0.3) is 96.5 Å². The molecule has 3 heterocycles. The van der Waals surface area contributed by atoms with E-state index >= 15 is 0 Å². The Morgan fingerprint density at radius 2 is 0.981 bits per heavy atom. The van der Waals surface area contributed by atoms with Crippen LogP contribution >= 0.6 is 0 Å². The molecule has 8 nitrogen and oxygen atoms in total. The molecule has 0 aliphatic carbocycles. The Hall–Kier alpha value is -7.32. The van der Waals surface area contributed by atoms with E-state index in [1.54, 1.807) is 0 Å². The molecule has 0 N–H and O–H groups in total. The van der Waals surface area contributed by atoms with Crippen molar-refractivity contribution in [2.45, 2.75) is 6.92 Å². The molecule has 0 saturated heterocycles. The van der Waals surface area contributed by atoms with E-state index in [1.165, 1.54) is 0 Å². The number of allylic oxidation sites excluding steroid dienone is 1.